The zero-order valence-electron chi connectivity index (χ0n) is 13.3. The molecule has 0 aromatic heterocycles. The summed E-state index contributed by atoms with van der Waals surface area (Å²) in [6.07, 6.45) is 0.873. The van der Waals surface area contributed by atoms with Crippen molar-refractivity contribution in [2.45, 2.75) is 12.5 Å². The van der Waals surface area contributed by atoms with Crippen molar-refractivity contribution in [3.05, 3.63) is 35.8 Å². The van der Waals surface area contributed by atoms with E-state index in [-0.39, 0.29) is 31.9 Å². The van der Waals surface area contributed by atoms with Crippen molar-refractivity contribution >= 4 is 23.3 Å². The van der Waals surface area contributed by atoms with Gasteiger partial charge < -0.3 is 14.4 Å². The average molecular weight is 356 g/mol. The number of amides is 1. The highest BCUT2D eigenvalue weighted by Crippen LogP contribution is 2.35. The highest BCUT2D eigenvalue weighted by atomic mass is 19.2. The second-order valence-electron chi connectivity index (χ2n) is 5.65. The molecule has 2 aliphatic rings. The van der Waals surface area contributed by atoms with Crippen LogP contribution in [-0.4, -0.2) is 44.8 Å². The van der Waals surface area contributed by atoms with Crippen LogP contribution in [0.15, 0.2) is 18.3 Å². The van der Waals surface area contributed by atoms with Crippen LogP contribution in [0.1, 0.15) is 6.42 Å². The standard InChI is InChI=1S/C16H15F3N2O4/c1-24-8-10-7-21(16(23)25-10)12-6-11(17)15(14(19)13(12)18)20-4-2-9(22)3-5-20/h2,4,6,10H,3,5,7-8H2,1H3/t10-/m1/s1. The molecule has 0 unspecified atom stereocenters. The molecule has 9 heteroatoms. The molecule has 0 bridgehead atoms. The molecule has 2 aliphatic heterocycles. The highest BCUT2D eigenvalue weighted by Gasteiger charge is 2.36. The summed E-state index contributed by atoms with van der Waals surface area (Å²) in [5, 5.41) is 0. The lowest BCUT2D eigenvalue weighted by Crippen LogP contribution is -2.29. The average Bonchev–Trinajstić information content (AvgIpc) is 2.93. The Balaban J connectivity index is 1.95. The second-order valence-corrected chi connectivity index (χ2v) is 5.65. The highest BCUT2D eigenvalue weighted by molar-refractivity contribution is 5.92. The first-order valence-corrected chi connectivity index (χ1v) is 7.54. The number of rotatable bonds is 4. The molecule has 0 N–H and O–H groups in total. The van der Waals surface area contributed by atoms with Crippen molar-refractivity contribution in [3.63, 3.8) is 0 Å². The summed E-state index contributed by atoms with van der Waals surface area (Å²) in [4.78, 5) is 25.0. The molecular weight excluding hydrogens is 341 g/mol. The van der Waals surface area contributed by atoms with Crippen molar-refractivity contribution in [1.82, 2.24) is 0 Å². The number of nitrogens with zero attached hydrogens (tertiary/aromatic N) is 2. The van der Waals surface area contributed by atoms with Crippen LogP contribution in [0, 0.1) is 17.5 Å². The number of ketones is 1. The number of ether oxygens (including phenoxy) is 2. The largest absolute Gasteiger partial charge is 0.441 e. The molecule has 2 heterocycles. The molecule has 0 aliphatic carbocycles. The minimum Gasteiger partial charge on any atom is -0.441 e. The van der Waals surface area contributed by atoms with E-state index in [0.717, 1.165) is 15.9 Å². The number of hydrogen-bond acceptors (Lipinski definition) is 5. The van der Waals surface area contributed by atoms with Crippen LogP contribution in [0.4, 0.5) is 29.3 Å². The number of carbonyl (C=O) groups is 2. The summed E-state index contributed by atoms with van der Waals surface area (Å²) < 4.78 is 53.2. The van der Waals surface area contributed by atoms with Gasteiger partial charge in [0.25, 0.3) is 0 Å². The maximum absolute atomic E-state index is 14.5. The first kappa shape index (κ1) is 17.3. The Morgan fingerprint density at radius 3 is 2.68 bits per heavy atom. The van der Waals surface area contributed by atoms with Crippen molar-refractivity contribution in [1.29, 1.82) is 0 Å². The molecular formula is C16H15F3N2O4. The van der Waals surface area contributed by atoms with Crippen LogP contribution in [0.25, 0.3) is 0 Å². The van der Waals surface area contributed by atoms with Gasteiger partial charge in [0, 0.05) is 32.3 Å². The fraction of sp³-hybridized carbons (Fsp3) is 0.375. The van der Waals surface area contributed by atoms with Gasteiger partial charge in [-0.2, -0.15) is 0 Å². The first-order valence-electron chi connectivity index (χ1n) is 7.54. The third-order valence-electron chi connectivity index (χ3n) is 3.96. The molecule has 25 heavy (non-hydrogen) atoms. The first-order chi connectivity index (χ1) is 11.9. The normalized spacial score (nSPS) is 20.4. The predicted molar refractivity (Wildman–Crippen MR) is 81.9 cm³/mol. The van der Waals surface area contributed by atoms with Gasteiger partial charge in [0.15, 0.2) is 23.2 Å². The van der Waals surface area contributed by atoms with E-state index in [1.54, 1.807) is 0 Å². The van der Waals surface area contributed by atoms with Gasteiger partial charge in [-0.1, -0.05) is 0 Å². The Hall–Kier alpha value is -2.55. The summed E-state index contributed by atoms with van der Waals surface area (Å²) in [5.74, 6) is -4.03. The van der Waals surface area contributed by atoms with Crippen LogP contribution in [-0.2, 0) is 14.3 Å². The van der Waals surface area contributed by atoms with Gasteiger partial charge in [0.2, 0.25) is 0 Å². The molecule has 134 valence electrons. The zero-order chi connectivity index (χ0) is 18.1. The molecule has 6 nitrogen and oxygen atoms in total. The monoisotopic (exact) mass is 356 g/mol. The number of hydrogen-bond donors (Lipinski definition) is 0. The smallest absolute Gasteiger partial charge is 0.414 e. The lowest BCUT2D eigenvalue weighted by atomic mass is 10.1. The van der Waals surface area contributed by atoms with Gasteiger partial charge in [-0.25, -0.2) is 18.0 Å². The summed E-state index contributed by atoms with van der Waals surface area (Å²) >= 11 is 0. The van der Waals surface area contributed by atoms with Gasteiger partial charge in [0.1, 0.15) is 11.8 Å². The molecule has 3 rings (SSSR count). The van der Waals surface area contributed by atoms with Crippen LogP contribution in [0.5, 0.6) is 0 Å². The quantitative estimate of drug-likeness (QED) is 0.776. The summed E-state index contributed by atoms with van der Waals surface area (Å²) in [6, 6.07) is 0.745. The fourth-order valence-corrected chi connectivity index (χ4v) is 2.77. The lowest BCUT2D eigenvalue weighted by Gasteiger charge is -2.25. The number of allylic oxidation sites excluding steroid dienone is 1. The number of anilines is 2. The van der Waals surface area contributed by atoms with Crippen molar-refractivity contribution in [2.24, 2.45) is 0 Å². The van der Waals surface area contributed by atoms with Crippen LogP contribution < -0.4 is 9.80 Å². The van der Waals surface area contributed by atoms with E-state index in [1.807, 2.05) is 0 Å². The van der Waals surface area contributed by atoms with Crippen LogP contribution in [0.2, 0.25) is 0 Å². The predicted octanol–water partition coefficient (Wildman–Crippen LogP) is 2.37. The Labute approximate surface area is 141 Å². The second kappa shape index (κ2) is 6.75. The van der Waals surface area contributed by atoms with Crippen molar-refractivity contribution < 1.29 is 32.2 Å². The zero-order valence-corrected chi connectivity index (χ0v) is 13.3. The third-order valence-corrected chi connectivity index (χ3v) is 3.96. The summed E-state index contributed by atoms with van der Waals surface area (Å²) in [6.45, 7) is 0.0308. The lowest BCUT2D eigenvalue weighted by molar-refractivity contribution is -0.114. The number of benzene rings is 1. The molecule has 1 aromatic carbocycles. The molecule has 0 radical (unpaired) electrons. The van der Waals surface area contributed by atoms with E-state index in [1.165, 1.54) is 19.4 Å². The Morgan fingerprint density at radius 2 is 2.04 bits per heavy atom. The Kier molecular flexibility index (Phi) is 4.67. The van der Waals surface area contributed by atoms with E-state index in [9.17, 15) is 22.8 Å². The molecule has 1 amide bonds. The van der Waals surface area contributed by atoms with Crippen molar-refractivity contribution in [2.75, 3.05) is 36.6 Å². The molecule has 1 fully saturated rings. The maximum atomic E-state index is 14.5. The van der Waals surface area contributed by atoms with Crippen molar-refractivity contribution in [3.8, 4) is 0 Å². The summed E-state index contributed by atoms with van der Waals surface area (Å²) in [7, 11) is 1.40. The third kappa shape index (κ3) is 3.19. The van der Waals surface area contributed by atoms with Gasteiger partial charge in [-0.05, 0) is 6.08 Å². The van der Waals surface area contributed by atoms with Crippen LogP contribution >= 0.6 is 0 Å². The van der Waals surface area contributed by atoms with Gasteiger partial charge in [-0.3, -0.25) is 9.69 Å². The molecule has 1 aromatic rings. The Bertz CT molecular complexity index is 753. The molecule has 0 saturated carbocycles. The minimum absolute atomic E-state index is 0.0314. The number of carbonyl (C=O) groups excluding carboxylic acids is 2. The van der Waals surface area contributed by atoms with Gasteiger partial charge >= 0.3 is 6.09 Å². The summed E-state index contributed by atoms with van der Waals surface area (Å²) in [5.41, 5.74) is -1.15. The minimum atomic E-state index is -1.43. The molecule has 1 atom stereocenters. The number of halogens is 3. The van der Waals surface area contributed by atoms with E-state index in [4.69, 9.17) is 9.47 Å². The molecule has 1 saturated heterocycles. The fourth-order valence-electron chi connectivity index (χ4n) is 2.77. The number of methoxy groups -OCH3 is 1. The van der Waals surface area contributed by atoms with Gasteiger partial charge in [0.05, 0.1) is 18.8 Å². The number of cyclic esters (lactones) is 1. The maximum Gasteiger partial charge on any atom is 0.414 e. The Morgan fingerprint density at radius 1 is 1.28 bits per heavy atom. The van der Waals surface area contributed by atoms with E-state index >= 15 is 0 Å². The van der Waals surface area contributed by atoms with Crippen LogP contribution in [0.3, 0.4) is 0 Å². The van der Waals surface area contributed by atoms with E-state index in [2.05, 4.69) is 0 Å². The topological polar surface area (TPSA) is 59.1 Å². The molecule has 0 spiro atoms. The van der Waals surface area contributed by atoms with Gasteiger partial charge in [-0.15, -0.1) is 0 Å². The van der Waals surface area contributed by atoms with E-state index in [0.29, 0.717) is 0 Å². The SMILES string of the molecule is COC[C@H]1CN(c2cc(F)c(N3C=CC(=O)CC3)c(F)c2F)C(=O)O1. The van der Waals surface area contributed by atoms with E-state index < -0.39 is 41.0 Å².